The minimum Gasteiger partial charge on any atom is -0.383 e. The summed E-state index contributed by atoms with van der Waals surface area (Å²) < 4.78 is 5.01. The molecule has 1 heterocycles. The number of nitrogens with zero attached hydrogens (tertiary/aromatic N) is 1. The SMILES string of the molecule is COCCN1C[C@@H](NC(=O)c2ccc3c(c2)CCCC3)CC1=O. The van der Waals surface area contributed by atoms with Crippen molar-refractivity contribution in [1.82, 2.24) is 10.2 Å². The minimum absolute atomic E-state index is 0.0789. The van der Waals surface area contributed by atoms with Crippen LogP contribution in [0.25, 0.3) is 0 Å². The van der Waals surface area contributed by atoms with E-state index in [2.05, 4.69) is 11.4 Å². The number of nitrogens with one attached hydrogen (secondary N) is 1. The molecule has 5 heteroatoms. The molecule has 1 fully saturated rings. The second kappa shape index (κ2) is 7.13. The van der Waals surface area contributed by atoms with Crippen LogP contribution in [0, 0.1) is 0 Å². The number of fused-ring (bicyclic) bond motifs is 1. The normalized spacial score (nSPS) is 20.5. The largest absolute Gasteiger partial charge is 0.383 e. The van der Waals surface area contributed by atoms with Crippen LogP contribution in [0.1, 0.15) is 40.7 Å². The molecule has 1 aromatic rings. The lowest BCUT2D eigenvalue weighted by Crippen LogP contribution is -2.37. The highest BCUT2D eigenvalue weighted by Crippen LogP contribution is 2.22. The van der Waals surface area contributed by atoms with Gasteiger partial charge in [0.25, 0.3) is 5.91 Å². The van der Waals surface area contributed by atoms with E-state index in [4.69, 9.17) is 4.74 Å². The third-order valence-corrected chi connectivity index (χ3v) is 4.73. The van der Waals surface area contributed by atoms with Crippen molar-refractivity contribution >= 4 is 11.8 Å². The van der Waals surface area contributed by atoms with Gasteiger partial charge in [-0.15, -0.1) is 0 Å². The van der Waals surface area contributed by atoms with Crippen LogP contribution >= 0.6 is 0 Å². The molecule has 0 saturated carbocycles. The molecule has 1 aromatic carbocycles. The quantitative estimate of drug-likeness (QED) is 0.896. The average Bonchev–Trinajstić information content (AvgIpc) is 2.91. The Hall–Kier alpha value is -1.88. The first-order valence-corrected chi connectivity index (χ1v) is 8.37. The fourth-order valence-electron chi connectivity index (χ4n) is 3.43. The Kier molecular flexibility index (Phi) is 4.96. The number of rotatable bonds is 5. The molecule has 124 valence electrons. The zero-order valence-corrected chi connectivity index (χ0v) is 13.6. The van der Waals surface area contributed by atoms with Gasteiger partial charge in [0.05, 0.1) is 12.6 Å². The second-order valence-electron chi connectivity index (χ2n) is 6.40. The molecule has 2 amide bonds. The van der Waals surface area contributed by atoms with Gasteiger partial charge in [0.15, 0.2) is 0 Å². The van der Waals surface area contributed by atoms with Crippen molar-refractivity contribution in [2.75, 3.05) is 26.8 Å². The summed E-state index contributed by atoms with van der Waals surface area (Å²) in [4.78, 5) is 26.1. The third kappa shape index (κ3) is 3.72. The Bertz CT molecular complexity index is 600. The summed E-state index contributed by atoms with van der Waals surface area (Å²) in [5.41, 5.74) is 3.37. The molecule has 1 atom stereocenters. The number of carbonyl (C=O) groups is 2. The minimum atomic E-state index is -0.108. The highest BCUT2D eigenvalue weighted by Gasteiger charge is 2.30. The highest BCUT2D eigenvalue weighted by atomic mass is 16.5. The first kappa shape index (κ1) is 16.0. The number of carbonyl (C=O) groups excluding carboxylic acids is 2. The standard InChI is InChI=1S/C18H24N2O3/c1-23-9-8-20-12-16(11-17(20)21)19-18(22)15-7-6-13-4-2-3-5-14(13)10-15/h6-7,10,16H,2-5,8-9,11-12H2,1H3,(H,19,22)/t16-/m0/s1. The van der Waals surface area contributed by atoms with E-state index in [0.717, 1.165) is 12.8 Å². The van der Waals surface area contributed by atoms with E-state index in [1.807, 2.05) is 12.1 Å². The summed E-state index contributed by atoms with van der Waals surface area (Å²) >= 11 is 0. The van der Waals surface area contributed by atoms with E-state index in [0.29, 0.717) is 31.7 Å². The van der Waals surface area contributed by atoms with E-state index in [1.54, 1.807) is 12.0 Å². The van der Waals surface area contributed by atoms with Crippen molar-refractivity contribution in [3.63, 3.8) is 0 Å². The van der Waals surface area contributed by atoms with Crippen LogP contribution in [0.5, 0.6) is 0 Å². The van der Waals surface area contributed by atoms with Crippen molar-refractivity contribution in [2.45, 2.75) is 38.1 Å². The first-order valence-electron chi connectivity index (χ1n) is 8.37. The molecule has 1 saturated heterocycles. The molecule has 0 bridgehead atoms. The van der Waals surface area contributed by atoms with E-state index in [1.165, 1.54) is 24.0 Å². The zero-order valence-electron chi connectivity index (χ0n) is 13.6. The molecule has 5 nitrogen and oxygen atoms in total. The monoisotopic (exact) mass is 316 g/mol. The van der Waals surface area contributed by atoms with Crippen LogP contribution < -0.4 is 5.32 Å². The number of hydrogen-bond acceptors (Lipinski definition) is 3. The Balaban J connectivity index is 1.60. The maximum atomic E-state index is 12.4. The van der Waals surface area contributed by atoms with E-state index in [-0.39, 0.29) is 17.9 Å². The van der Waals surface area contributed by atoms with Crippen LogP contribution in [0.4, 0.5) is 0 Å². The summed E-state index contributed by atoms with van der Waals surface area (Å²) in [5, 5.41) is 3.00. The predicted molar refractivity (Wildman–Crippen MR) is 87.4 cm³/mol. The maximum Gasteiger partial charge on any atom is 0.251 e. The van der Waals surface area contributed by atoms with Crippen molar-refractivity contribution in [2.24, 2.45) is 0 Å². The highest BCUT2D eigenvalue weighted by molar-refractivity contribution is 5.95. The number of amides is 2. The maximum absolute atomic E-state index is 12.4. The molecule has 3 rings (SSSR count). The van der Waals surface area contributed by atoms with Gasteiger partial charge < -0.3 is 15.0 Å². The van der Waals surface area contributed by atoms with Crippen molar-refractivity contribution in [3.05, 3.63) is 34.9 Å². The number of hydrogen-bond donors (Lipinski definition) is 1. The molecule has 1 aliphatic carbocycles. The summed E-state index contributed by atoms with van der Waals surface area (Å²) in [6, 6.07) is 5.89. The lowest BCUT2D eigenvalue weighted by atomic mass is 9.90. The van der Waals surface area contributed by atoms with Gasteiger partial charge in [-0.3, -0.25) is 9.59 Å². The van der Waals surface area contributed by atoms with Crippen molar-refractivity contribution in [1.29, 1.82) is 0 Å². The van der Waals surface area contributed by atoms with Gasteiger partial charge in [0, 0.05) is 32.2 Å². The van der Waals surface area contributed by atoms with Crippen LogP contribution in [-0.2, 0) is 22.4 Å². The summed E-state index contributed by atoms with van der Waals surface area (Å²) in [5.74, 6) is 0.00237. The number of aryl methyl sites for hydroxylation is 2. The molecule has 0 aromatic heterocycles. The van der Waals surface area contributed by atoms with Gasteiger partial charge in [-0.25, -0.2) is 0 Å². The van der Waals surface area contributed by atoms with Gasteiger partial charge in [0.2, 0.25) is 5.91 Å². The Morgan fingerprint density at radius 3 is 2.87 bits per heavy atom. The Morgan fingerprint density at radius 2 is 2.09 bits per heavy atom. The van der Waals surface area contributed by atoms with Gasteiger partial charge >= 0.3 is 0 Å². The lowest BCUT2D eigenvalue weighted by molar-refractivity contribution is -0.128. The summed E-state index contributed by atoms with van der Waals surface area (Å²) in [7, 11) is 1.62. The van der Waals surface area contributed by atoms with E-state index >= 15 is 0 Å². The number of benzene rings is 1. The second-order valence-corrected chi connectivity index (χ2v) is 6.40. The molecule has 1 N–H and O–H groups in total. The fraction of sp³-hybridized carbons (Fsp3) is 0.556. The molecular formula is C18H24N2O3. The number of ether oxygens (including phenoxy) is 1. The topological polar surface area (TPSA) is 58.6 Å². The number of methoxy groups -OCH3 is 1. The van der Waals surface area contributed by atoms with Gasteiger partial charge in [-0.05, 0) is 48.9 Å². The third-order valence-electron chi connectivity index (χ3n) is 4.73. The first-order chi connectivity index (χ1) is 11.2. The molecular weight excluding hydrogens is 292 g/mol. The molecule has 1 aliphatic heterocycles. The Morgan fingerprint density at radius 1 is 1.30 bits per heavy atom. The molecule has 0 radical (unpaired) electrons. The lowest BCUT2D eigenvalue weighted by Gasteiger charge is -2.18. The summed E-state index contributed by atoms with van der Waals surface area (Å²) in [6.07, 6.45) is 4.98. The molecule has 0 spiro atoms. The van der Waals surface area contributed by atoms with E-state index < -0.39 is 0 Å². The van der Waals surface area contributed by atoms with E-state index in [9.17, 15) is 9.59 Å². The average molecular weight is 316 g/mol. The van der Waals surface area contributed by atoms with Crippen LogP contribution in [0.3, 0.4) is 0 Å². The van der Waals surface area contributed by atoms with Gasteiger partial charge in [-0.1, -0.05) is 6.07 Å². The number of likely N-dealkylation sites (tertiary alicyclic amines) is 1. The van der Waals surface area contributed by atoms with Crippen molar-refractivity contribution in [3.8, 4) is 0 Å². The Labute approximate surface area is 137 Å². The molecule has 2 aliphatic rings. The van der Waals surface area contributed by atoms with Gasteiger partial charge in [0.1, 0.15) is 0 Å². The van der Waals surface area contributed by atoms with Crippen LogP contribution in [0.15, 0.2) is 18.2 Å². The van der Waals surface area contributed by atoms with Crippen molar-refractivity contribution < 1.29 is 14.3 Å². The van der Waals surface area contributed by atoms with Gasteiger partial charge in [-0.2, -0.15) is 0 Å². The summed E-state index contributed by atoms with van der Waals surface area (Å²) in [6.45, 7) is 1.68. The smallest absolute Gasteiger partial charge is 0.251 e. The zero-order chi connectivity index (χ0) is 16.2. The fourth-order valence-corrected chi connectivity index (χ4v) is 3.43. The molecule has 0 unspecified atom stereocenters. The molecule has 23 heavy (non-hydrogen) atoms. The van der Waals surface area contributed by atoms with Crippen LogP contribution in [0.2, 0.25) is 0 Å². The predicted octanol–water partition coefficient (Wildman–Crippen LogP) is 1.54. The van der Waals surface area contributed by atoms with Crippen LogP contribution in [-0.4, -0.2) is 49.6 Å².